The summed E-state index contributed by atoms with van der Waals surface area (Å²) in [6.45, 7) is 1.80. The number of carbonyl (C=O) groups excluding carboxylic acids is 1. The smallest absolute Gasteiger partial charge is 0.353 e. The number of allylic oxidation sites excluding steroid dienone is 1. The highest BCUT2D eigenvalue weighted by atomic mass is 32.1. The van der Waals surface area contributed by atoms with Crippen molar-refractivity contribution in [2.45, 2.75) is 43.9 Å². The molecule has 1 fully saturated rings. The van der Waals surface area contributed by atoms with Gasteiger partial charge >= 0.3 is 6.18 Å². The molecule has 1 aromatic rings. The first-order chi connectivity index (χ1) is 11.3. The monoisotopic (exact) mass is 356 g/mol. The molecule has 3 rings (SSSR count). The van der Waals surface area contributed by atoms with E-state index in [4.69, 9.17) is 0 Å². The van der Waals surface area contributed by atoms with Crippen molar-refractivity contribution in [1.82, 2.24) is 10.2 Å². The van der Waals surface area contributed by atoms with Crippen molar-refractivity contribution < 1.29 is 18.0 Å². The summed E-state index contributed by atoms with van der Waals surface area (Å²) >= 11 is 4.14. The first kappa shape index (κ1) is 17.2. The number of hydrogen-bond acceptors (Lipinski definition) is 3. The molecule has 1 aliphatic carbocycles. The van der Waals surface area contributed by atoms with Gasteiger partial charge in [0.25, 0.3) is 5.91 Å². The number of nitrogens with one attached hydrogen (secondary N) is 1. The Morgan fingerprint density at radius 2 is 2.08 bits per heavy atom. The number of carbonyl (C=O) groups is 1. The highest BCUT2D eigenvalue weighted by Gasteiger charge is 2.41. The van der Waals surface area contributed by atoms with Crippen molar-refractivity contribution in [3.05, 3.63) is 47.2 Å². The van der Waals surface area contributed by atoms with E-state index in [9.17, 15) is 18.0 Å². The highest BCUT2D eigenvalue weighted by molar-refractivity contribution is 7.80. The number of rotatable bonds is 4. The summed E-state index contributed by atoms with van der Waals surface area (Å²) in [7, 11) is 0. The fourth-order valence-corrected chi connectivity index (χ4v) is 3.38. The molecular weight excluding hydrogens is 337 g/mol. The summed E-state index contributed by atoms with van der Waals surface area (Å²) in [6, 6.07) is 7.51. The number of alkyl halides is 3. The van der Waals surface area contributed by atoms with E-state index in [1.54, 1.807) is 6.92 Å². The SMILES string of the molecule is CC(c1cccc(CC2CC2)c1)N1C(=O)C=C(C(F)(F)F)NC1S. The lowest BCUT2D eigenvalue weighted by Gasteiger charge is -2.38. The molecule has 1 aromatic carbocycles. The number of hydrogen-bond donors (Lipinski definition) is 2. The van der Waals surface area contributed by atoms with E-state index in [1.807, 2.05) is 24.3 Å². The van der Waals surface area contributed by atoms with Crippen molar-refractivity contribution in [2.75, 3.05) is 0 Å². The second-order valence-electron chi connectivity index (χ2n) is 6.39. The maximum Gasteiger partial charge on any atom is 0.431 e. The third-order valence-corrected chi connectivity index (χ3v) is 4.83. The Balaban J connectivity index is 1.80. The summed E-state index contributed by atoms with van der Waals surface area (Å²) in [5.41, 5.74) is 0.00682. The van der Waals surface area contributed by atoms with Crippen LogP contribution in [0, 0.1) is 5.92 Å². The first-order valence-electron chi connectivity index (χ1n) is 7.90. The molecule has 7 heteroatoms. The first-order valence-corrected chi connectivity index (χ1v) is 8.42. The van der Waals surface area contributed by atoms with E-state index in [1.165, 1.54) is 23.3 Å². The van der Waals surface area contributed by atoms with Crippen molar-refractivity contribution in [3.63, 3.8) is 0 Å². The molecule has 1 N–H and O–H groups in total. The van der Waals surface area contributed by atoms with E-state index in [0.29, 0.717) is 6.08 Å². The van der Waals surface area contributed by atoms with Crippen LogP contribution in [0.1, 0.15) is 36.9 Å². The summed E-state index contributed by atoms with van der Waals surface area (Å²) in [6.07, 6.45) is -0.487. The van der Waals surface area contributed by atoms with Crippen LogP contribution in [-0.4, -0.2) is 22.5 Å². The van der Waals surface area contributed by atoms with Crippen molar-refractivity contribution >= 4 is 18.5 Å². The molecule has 2 atom stereocenters. The Labute approximate surface area is 144 Å². The summed E-state index contributed by atoms with van der Waals surface area (Å²) in [5, 5.41) is 2.25. The average molecular weight is 356 g/mol. The molecule has 0 aromatic heterocycles. The minimum atomic E-state index is -4.59. The van der Waals surface area contributed by atoms with Gasteiger partial charge in [0.2, 0.25) is 0 Å². The lowest BCUT2D eigenvalue weighted by atomic mass is 10.0. The van der Waals surface area contributed by atoms with Crippen LogP contribution >= 0.6 is 12.6 Å². The molecule has 130 valence electrons. The zero-order chi connectivity index (χ0) is 17.5. The number of nitrogens with zero attached hydrogens (tertiary/aromatic N) is 1. The third kappa shape index (κ3) is 3.71. The largest absolute Gasteiger partial charge is 0.431 e. The molecule has 0 radical (unpaired) electrons. The maximum absolute atomic E-state index is 12.8. The number of halogens is 3. The molecule has 24 heavy (non-hydrogen) atoms. The van der Waals surface area contributed by atoms with E-state index in [2.05, 4.69) is 17.9 Å². The van der Waals surface area contributed by atoms with Crippen LogP contribution in [0.25, 0.3) is 0 Å². The van der Waals surface area contributed by atoms with Gasteiger partial charge in [-0.25, -0.2) is 0 Å². The molecule has 1 amide bonds. The van der Waals surface area contributed by atoms with Crippen LogP contribution in [0.5, 0.6) is 0 Å². The van der Waals surface area contributed by atoms with Crippen molar-refractivity contribution in [1.29, 1.82) is 0 Å². The number of benzene rings is 1. The van der Waals surface area contributed by atoms with E-state index >= 15 is 0 Å². The predicted molar refractivity (Wildman–Crippen MR) is 88.2 cm³/mol. The lowest BCUT2D eigenvalue weighted by molar-refractivity contribution is -0.134. The fraction of sp³-hybridized carbons (Fsp3) is 0.471. The second-order valence-corrected chi connectivity index (χ2v) is 6.88. The van der Waals surface area contributed by atoms with Crippen LogP contribution in [0.2, 0.25) is 0 Å². The second kappa shape index (κ2) is 6.35. The van der Waals surface area contributed by atoms with E-state index in [0.717, 1.165) is 17.9 Å². The van der Waals surface area contributed by atoms with Gasteiger partial charge in [-0.05, 0) is 43.2 Å². The molecule has 1 heterocycles. The Hall–Kier alpha value is -1.63. The van der Waals surface area contributed by atoms with Gasteiger partial charge in [0.15, 0.2) is 0 Å². The third-order valence-electron chi connectivity index (χ3n) is 4.45. The minimum Gasteiger partial charge on any atom is -0.353 e. The number of thiol groups is 1. The molecule has 1 saturated carbocycles. The van der Waals surface area contributed by atoms with Crippen LogP contribution in [0.3, 0.4) is 0 Å². The summed E-state index contributed by atoms with van der Waals surface area (Å²) in [5.74, 6) is 0.0462. The standard InChI is InChI=1S/C17H19F3N2OS/c1-10(13-4-2-3-12(8-13)7-11-5-6-11)22-15(23)9-14(17(18,19)20)21-16(22)24/h2-4,8-11,16,21,24H,5-7H2,1H3. The van der Waals surface area contributed by atoms with Gasteiger partial charge in [-0.15, -0.1) is 12.6 Å². The summed E-state index contributed by atoms with van der Waals surface area (Å²) < 4.78 is 38.4. The Kier molecular flexibility index (Phi) is 4.55. The number of amides is 1. The minimum absolute atomic E-state index is 0.377. The van der Waals surface area contributed by atoms with E-state index < -0.39 is 23.3 Å². The Bertz CT molecular complexity index is 670. The molecule has 2 aliphatic rings. The van der Waals surface area contributed by atoms with Gasteiger partial charge in [-0.1, -0.05) is 24.3 Å². The normalized spacial score (nSPS) is 22.9. The molecule has 0 spiro atoms. The summed E-state index contributed by atoms with van der Waals surface area (Å²) in [4.78, 5) is 13.5. The maximum atomic E-state index is 12.8. The van der Waals surface area contributed by atoms with Gasteiger partial charge in [0, 0.05) is 6.08 Å². The Morgan fingerprint density at radius 1 is 1.38 bits per heavy atom. The van der Waals surface area contributed by atoms with Gasteiger partial charge in [0.1, 0.15) is 11.2 Å². The van der Waals surface area contributed by atoms with Crippen molar-refractivity contribution in [2.24, 2.45) is 5.92 Å². The van der Waals surface area contributed by atoms with Crippen molar-refractivity contribution in [3.8, 4) is 0 Å². The highest BCUT2D eigenvalue weighted by Crippen LogP contribution is 2.34. The fourth-order valence-electron chi connectivity index (χ4n) is 2.93. The molecule has 0 bridgehead atoms. The molecule has 2 unspecified atom stereocenters. The van der Waals surface area contributed by atoms with E-state index in [-0.39, 0.29) is 6.04 Å². The molecule has 3 nitrogen and oxygen atoms in total. The zero-order valence-electron chi connectivity index (χ0n) is 13.2. The van der Waals surface area contributed by atoms with Crippen LogP contribution < -0.4 is 5.32 Å². The quantitative estimate of drug-likeness (QED) is 0.805. The molecular formula is C17H19F3N2OS. The van der Waals surface area contributed by atoms with Crippen LogP contribution in [0.15, 0.2) is 36.0 Å². The van der Waals surface area contributed by atoms with Gasteiger partial charge in [-0.3, -0.25) is 4.79 Å². The Morgan fingerprint density at radius 3 is 2.67 bits per heavy atom. The lowest BCUT2D eigenvalue weighted by Crippen LogP contribution is -2.51. The van der Waals surface area contributed by atoms with Gasteiger partial charge in [-0.2, -0.15) is 13.2 Å². The van der Waals surface area contributed by atoms with Crippen LogP contribution in [-0.2, 0) is 11.2 Å². The van der Waals surface area contributed by atoms with Gasteiger partial charge in [0.05, 0.1) is 6.04 Å². The zero-order valence-corrected chi connectivity index (χ0v) is 14.1. The molecule has 1 aliphatic heterocycles. The molecule has 0 saturated heterocycles. The van der Waals surface area contributed by atoms with Crippen LogP contribution in [0.4, 0.5) is 13.2 Å². The average Bonchev–Trinajstić information content (AvgIpc) is 3.29. The predicted octanol–water partition coefficient (Wildman–Crippen LogP) is 3.79. The van der Waals surface area contributed by atoms with Gasteiger partial charge < -0.3 is 10.2 Å². The topological polar surface area (TPSA) is 32.3 Å².